The van der Waals surface area contributed by atoms with Crippen molar-refractivity contribution in [2.24, 2.45) is 0 Å². The Morgan fingerprint density at radius 2 is 1.67 bits per heavy atom. The molecule has 0 bridgehead atoms. The van der Waals surface area contributed by atoms with Gasteiger partial charge in [-0.15, -0.1) is 0 Å². The molecule has 4 aromatic rings. The van der Waals surface area contributed by atoms with Gasteiger partial charge in [-0.25, -0.2) is 4.98 Å². The van der Waals surface area contributed by atoms with Gasteiger partial charge in [0.1, 0.15) is 29.7 Å². The Hall–Kier alpha value is -3.56. The molecule has 0 saturated carbocycles. The minimum atomic E-state index is -4.43. The van der Waals surface area contributed by atoms with Crippen LogP contribution in [0.4, 0.5) is 13.2 Å². The molecule has 1 aliphatic rings. The predicted molar refractivity (Wildman–Crippen MR) is 144 cm³/mol. The number of nitrogens with zero attached hydrogens (tertiary/aromatic N) is 3. The van der Waals surface area contributed by atoms with Crippen molar-refractivity contribution in [3.63, 3.8) is 0 Å². The summed E-state index contributed by atoms with van der Waals surface area (Å²) >= 11 is 0. The van der Waals surface area contributed by atoms with Crippen molar-refractivity contribution in [1.82, 2.24) is 14.5 Å². The van der Waals surface area contributed by atoms with Crippen molar-refractivity contribution in [2.45, 2.75) is 32.5 Å². The number of fused-ring (bicyclic) bond motifs is 1. The van der Waals surface area contributed by atoms with Gasteiger partial charge in [0.05, 0.1) is 29.8 Å². The Morgan fingerprint density at radius 1 is 0.897 bits per heavy atom. The summed E-state index contributed by atoms with van der Waals surface area (Å²) in [6, 6.07) is 18.1. The number of rotatable bonds is 10. The zero-order chi connectivity index (χ0) is 27.2. The number of unbranched alkanes of at least 4 members (excludes halogenated alkanes) is 1. The molecule has 0 amide bonds. The normalized spacial score (nSPS) is 14.6. The largest absolute Gasteiger partial charge is 0.492 e. The molecule has 206 valence electrons. The summed E-state index contributed by atoms with van der Waals surface area (Å²) in [5.74, 6) is 2.13. The zero-order valence-electron chi connectivity index (χ0n) is 21.9. The Morgan fingerprint density at radius 3 is 2.44 bits per heavy atom. The van der Waals surface area contributed by atoms with Crippen LogP contribution in [-0.4, -0.2) is 53.9 Å². The topological polar surface area (TPSA) is 48.8 Å². The fourth-order valence-corrected chi connectivity index (χ4v) is 4.64. The molecule has 3 aromatic carbocycles. The Labute approximate surface area is 225 Å². The molecule has 1 saturated heterocycles. The van der Waals surface area contributed by atoms with E-state index in [4.69, 9.17) is 19.2 Å². The number of morpholine rings is 1. The summed E-state index contributed by atoms with van der Waals surface area (Å²) in [5.41, 5.74) is 1.90. The molecule has 1 aliphatic heterocycles. The predicted octanol–water partition coefficient (Wildman–Crippen LogP) is 7.03. The summed E-state index contributed by atoms with van der Waals surface area (Å²) in [7, 11) is 0. The second-order valence-electron chi connectivity index (χ2n) is 9.55. The molecule has 9 heteroatoms. The number of benzene rings is 3. The van der Waals surface area contributed by atoms with Crippen LogP contribution in [0.25, 0.3) is 22.4 Å². The molecule has 39 heavy (non-hydrogen) atoms. The van der Waals surface area contributed by atoms with Gasteiger partial charge in [0.25, 0.3) is 0 Å². The molecule has 0 N–H and O–H groups in total. The summed E-state index contributed by atoms with van der Waals surface area (Å²) in [5, 5.41) is 0. The first-order valence-electron chi connectivity index (χ1n) is 13.3. The van der Waals surface area contributed by atoms with Gasteiger partial charge < -0.3 is 18.8 Å². The highest BCUT2D eigenvalue weighted by Crippen LogP contribution is 2.34. The average molecular weight is 540 g/mol. The third-order valence-corrected chi connectivity index (χ3v) is 6.72. The summed E-state index contributed by atoms with van der Waals surface area (Å²) < 4.78 is 58.9. The van der Waals surface area contributed by atoms with E-state index in [2.05, 4.69) is 16.4 Å². The summed E-state index contributed by atoms with van der Waals surface area (Å²) in [6.07, 6.45) is -2.44. The minimum Gasteiger partial charge on any atom is -0.492 e. The second-order valence-corrected chi connectivity index (χ2v) is 9.55. The maximum atomic E-state index is 13.1. The fourth-order valence-electron chi connectivity index (χ4n) is 4.64. The number of aromatic nitrogens is 2. The number of hydrogen-bond acceptors (Lipinski definition) is 5. The molecule has 6 nitrogen and oxygen atoms in total. The Balaban J connectivity index is 1.39. The van der Waals surface area contributed by atoms with E-state index >= 15 is 0 Å². The SMILES string of the molecule is CCCCn1c(-c2cccc(Oc3cccc(C(F)(F)F)c3)c2)nc2ccc(OCCN3CCOCC3)cc21. The smallest absolute Gasteiger partial charge is 0.416 e. The van der Waals surface area contributed by atoms with Crippen LogP contribution in [0, 0.1) is 0 Å². The lowest BCUT2D eigenvalue weighted by atomic mass is 10.2. The van der Waals surface area contributed by atoms with Crippen molar-refractivity contribution >= 4 is 11.0 Å². The number of halogens is 3. The van der Waals surface area contributed by atoms with E-state index in [1.54, 1.807) is 6.07 Å². The lowest BCUT2D eigenvalue weighted by Gasteiger charge is -2.26. The highest BCUT2D eigenvalue weighted by atomic mass is 19.4. The van der Waals surface area contributed by atoms with E-state index in [9.17, 15) is 13.2 Å². The van der Waals surface area contributed by atoms with Gasteiger partial charge >= 0.3 is 6.18 Å². The van der Waals surface area contributed by atoms with Gasteiger partial charge in [-0.3, -0.25) is 4.90 Å². The summed E-state index contributed by atoms with van der Waals surface area (Å²) in [4.78, 5) is 7.24. The lowest BCUT2D eigenvalue weighted by molar-refractivity contribution is -0.137. The van der Waals surface area contributed by atoms with Crippen molar-refractivity contribution < 1.29 is 27.4 Å². The first kappa shape index (κ1) is 27.0. The quantitative estimate of drug-likeness (QED) is 0.217. The lowest BCUT2D eigenvalue weighted by Crippen LogP contribution is -2.38. The summed E-state index contributed by atoms with van der Waals surface area (Å²) in [6.45, 7) is 7.73. The molecule has 5 rings (SSSR count). The van der Waals surface area contributed by atoms with E-state index in [-0.39, 0.29) is 5.75 Å². The van der Waals surface area contributed by atoms with Gasteiger partial charge in [0.15, 0.2) is 0 Å². The van der Waals surface area contributed by atoms with Gasteiger partial charge in [-0.05, 0) is 48.9 Å². The number of imidazole rings is 1. The van der Waals surface area contributed by atoms with Crippen molar-refractivity contribution in [2.75, 3.05) is 39.5 Å². The number of hydrogen-bond donors (Lipinski definition) is 0. The molecule has 0 unspecified atom stereocenters. The maximum absolute atomic E-state index is 13.1. The van der Waals surface area contributed by atoms with E-state index < -0.39 is 11.7 Å². The van der Waals surface area contributed by atoms with Crippen LogP contribution in [0.1, 0.15) is 25.3 Å². The van der Waals surface area contributed by atoms with Crippen LogP contribution >= 0.6 is 0 Å². The standard InChI is InChI=1S/C30H32F3N3O3/c1-2-3-12-36-28-21-24(38-18-15-35-13-16-37-17-14-35)10-11-27(28)34-29(36)22-6-4-8-25(19-22)39-26-9-5-7-23(20-26)30(31,32)33/h4-11,19-21H,2-3,12-18H2,1H3. The van der Waals surface area contributed by atoms with E-state index in [1.165, 1.54) is 12.1 Å². The fraction of sp³-hybridized carbons (Fsp3) is 0.367. The first-order valence-corrected chi connectivity index (χ1v) is 13.3. The molecular formula is C30H32F3N3O3. The zero-order valence-corrected chi connectivity index (χ0v) is 21.9. The van der Waals surface area contributed by atoms with Gasteiger partial charge in [-0.2, -0.15) is 13.2 Å². The molecule has 0 aliphatic carbocycles. The molecule has 1 fully saturated rings. The van der Waals surface area contributed by atoms with Crippen LogP contribution in [-0.2, 0) is 17.5 Å². The Bertz CT molecular complexity index is 1400. The number of ether oxygens (including phenoxy) is 3. The van der Waals surface area contributed by atoms with Gasteiger partial charge in [-0.1, -0.05) is 31.5 Å². The van der Waals surface area contributed by atoms with E-state index in [0.29, 0.717) is 12.4 Å². The third kappa shape index (κ3) is 6.72. The van der Waals surface area contributed by atoms with Crippen LogP contribution in [0.5, 0.6) is 17.2 Å². The molecule has 0 spiro atoms. The molecular weight excluding hydrogens is 507 g/mol. The Kier molecular flexibility index (Phi) is 8.38. The average Bonchev–Trinajstić information content (AvgIpc) is 3.30. The third-order valence-electron chi connectivity index (χ3n) is 6.72. The van der Waals surface area contributed by atoms with Crippen LogP contribution < -0.4 is 9.47 Å². The number of aryl methyl sites for hydroxylation is 1. The van der Waals surface area contributed by atoms with Crippen LogP contribution in [0.3, 0.4) is 0 Å². The molecule has 2 heterocycles. The van der Waals surface area contributed by atoms with E-state index in [0.717, 1.165) is 92.5 Å². The molecule has 1 aromatic heterocycles. The van der Waals surface area contributed by atoms with Crippen molar-refractivity contribution in [1.29, 1.82) is 0 Å². The van der Waals surface area contributed by atoms with Gasteiger partial charge in [0.2, 0.25) is 0 Å². The number of alkyl halides is 3. The van der Waals surface area contributed by atoms with E-state index in [1.807, 2.05) is 36.4 Å². The van der Waals surface area contributed by atoms with Gasteiger partial charge in [0, 0.05) is 37.8 Å². The first-order chi connectivity index (χ1) is 18.9. The molecule has 0 radical (unpaired) electrons. The minimum absolute atomic E-state index is 0.125. The monoisotopic (exact) mass is 539 g/mol. The second kappa shape index (κ2) is 12.1. The van der Waals surface area contributed by atoms with Crippen LogP contribution in [0.2, 0.25) is 0 Å². The van der Waals surface area contributed by atoms with Crippen molar-refractivity contribution in [3.05, 3.63) is 72.3 Å². The van der Waals surface area contributed by atoms with Crippen molar-refractivity contribution in [3.8, 4) is 28.6 Å². The highest BCUT2D eigenvalue weighted by molar-refractivity contribution is 5.82. The molecule has 0 atom stereocenters. The highest BCUT2D eigenvalue weighted by Gasteiger charge is 2.30. The van der Waals surface area contributed by atoms with Crippen LogP contribution in [0.15, 0.2) is 66.7 Å². The maximum Gasteiger partial charge on any atom is 0.416 e.